The molecule has 0 aromatic heterocycles. The molecule has 0 aromatic carbocycles. The maximum absolute atomic E-state index is 11.9. The highest BCUT2D eigenvalue weighted by Gasteiger charge is 2.43. The smallest absolute Gasteiger partial charge is 0.333 e. The Balaban J connectivity index is 1.92. The van der Waals surface area contributed by atoms with Crippen LogP contribution >= 0.6 is 23.5 Å². The Labute approximate surface area is 123 Å². The quantitative estimate of drug-likeness (QED) is 0.543. The molecule has 19 heavy (non-hydrogen) atoms. The molecule has 0 saturated carbocycles. The van der Waals surface area contributed by atoms with Crippen molar-refractivity contribution in [3.05, 3.63) is 23.3 Å². The zero-order valence-electron chi connectivity index (χ0n) is 11.3. The second kappa shape index (κ2) is 5.57. The summed E-state index contributed by atoms with van der Waals surface area (Å²) in [5, 5.41) is 0. The molecule has 1 atom stereocenters. The van der Waals surface area contributed by atoms with E-state index in [1.807, 2.05) is 0 Å². The van der Waals surface area contributed by atoms with Crippen LogP contribution in [0.2, 0.25) is 0 Å². The van der Waals surface area contributed by atoms with Gasteiger partial charge in [0.15, 0.2) is 0 Å². The molecule has 3 rings (SSSR count). The van der Waals surface area contributed by atoms with Gasteiger partial charge in [-0.15, -0.1) is 23.5 Å². The van der Waals surface area contributed by atoms with E-state index in [2.05, 4.69) is 35.7 Å². The average molecular weight is 296 g/mol. The number of hydrogen-bond donors (Lipinski definition) is 0. The number of carbonyl (C=O) groups excluding carboxylic acids is 1. The fourth-order valence-corrected chi connectivity index (χ4v) is 6.81. The predicted molar refractivity (Wildman–Crippen MR) is 82.4 cm³/mol. The molecular formula is C15H20O2S2. The van der Waals surface area contributed by atoms with Crippen LogP contribution in [0.4, 0.5) is 0 Å². The van der Waals surface area contributed by atoms with Gasteiger partial charge in [0.05, 0.1) is 11.2 Å². The van der Waals surface area contributed by atoms with Gasteiger partial charge in [-0.05, 0) is 55.1 Å². The summed E-state index contributed by atoms with van der Waals surface area (Å²) in [6.45, 7) is 0. The normalized spacial score (nSPS) is 29.2. The number of fused-ring (bicyclic) bond motifs is 2. The zero-order chi connectivity index (χ0) is 13.3. The van der Waals surface area contributed by atoms with E-state index in [-0.39, 0.29) is 10.0 Å². The highest BCUT2D eigenvalue weighted by atomic mass is 32.2. The molecule has 1 heterocycles. The molecule has 1 aliphatic heterocycles. The lowest BCUT2D eigenvalue weighted by Gasteiger charge is -2.38. The summed E-state index contributed by atoms with van der Waals surface area (Å²) in [5.41, 5.74) is 2.50. The van der Waals surface area contributed by atoms with E-state index in [0.717, 1.165) is 18.4 Å². The van der Waals surface area contributed by atoms with Gasteiger partial charge < -0.3 is 4.74 Å². The summed E-state index contributed by atoms with van der Waals surface area (Å²) in [5.74, 6) is 2.93. The predicted octanol–water partition coefficient (Wildman–Crippen LogP) is 3.78. The van der Waals surface area contributed by atoms with Crippen molar-refractivity contribution in [2.24, 2.45) is 5.92 Å². The van der Waals surface area contributed by atoms with Crippen LogP contribution in [-0.4, -0.2) is 28.7 Å². The molecule has 1 fully saturated rings. The average Bonchev–Trinajstić information content (AvgIpc) is 2.87. The summed E-state index contributed by atoms with van der Waals surface area (Å²) in [6, 6.07) is 0. The van der Waals surface area contributed by atoms with Gasteiger partial charge in [-0.1, -0.05) is 12.2 Å². The van der Waals surface area contributed by atoms with Crippen LogP contribution in [0.3, 0.4) is 0 Å². The third-order valence-corrected chi connectivity index (χ3v) is 7.68. The number of allylic oxidation sites excluding steroid dienone is 2. The Hall–Kier alpha value is -0.350. The molecule has 0 amide bonds. The molecule has 2 nitrogen and oxygen atoms in total. The second-order valence-electron chi connectivity index (χ2n) is 5.37. The Morgan fingerprint density at radius 2 is 2.16 bits per heavy atom. The van der Waals surface area contributed by atoms with Crippen LogP contribution in [0.25, 0.3) is 0 Å². The van der Waals surface area contributed by atoms with Gasteiger partial charge >= 0.3 is 5.97 Å². The Morgan fingerprint density at radius 3 is 2.89 bits per heavy atom. The molecule has 0 radical (unpaired) electrons. The van der Waals surface area contributed by atoms with Crippen molar-refractivity contribution in [1.29, 1.82) is 0 Å². The van der Waals surface area contributed by atoms with Crippen LogP contribution < -0.4 is 0 Å². The van der Waals surface area contributed by atoms with E-state index in [1.54, 1.807) is 5.57 Å². The molecule has 104 valence electrons. The molecular weight excluding hydrogens is 276 g/mol. The van der Waals surface area contributed by atoms with Gasteiger partial charge in [0.1, 0.15) is 0 Å². The Kier molecular flexibility index (Phi) is 3.99. The van der Waals surface area contributed by atoms with Crippen LogP contribution in [-0.2, 0) is 9.53 Å². The first-order chi connectivity index (χ1) is 9.25. The zero-order valence-corrected chi connectivity index (χ0v) is 12.9. The number of rotatable bonds is 1. The maximum atomic E-state index is 11.9. The van der Waals surface area contributed by atoms with E-state index in [4.69, 9.17) is 4.74 Å². The molecule has 1 spiro atoms. The maximum Gasteiger partial charge on any atom is 0.333 e. The number of methoxy groups -OCH3 is 1. The minimum Gasteiger partial charge on any atom is -0.466 e. The van der Waals surface area contributed by atoms with Crippen molar-refractivity contribution in [2.45, 2.75) is 36.2 Å². The third kappa shape index (κ3) is 2.49. The van der Waals surface area contributed by atoms with Crippen molar-refractivity contribution in [1.82, 2.24) is 0 Å². The van der Waals surface area contributed by atoms with Crippen molar-refractivity contribution in [3.8, 4) is 0 Å². The number of carbonyl (C=O) groups is 1. The standard InChI is InChI=1S/C15H20O2S2/c1-17-14(16)12-6-7-15(18-8-3-9-19-15)13-5-2-4-11(13)10-12/h5-6,11H,2-4,7-10H2,1H3/t11-/m1/s1. The van der Waals surface area contributed by atoms with Gasteiger partial charge in [-0.3, -0.25) is 0 Å². The number of hydrogen-bond acceptors (Lipinski definition) is 4. The van der Waals surface area contributed by atoms with Gasteiger partial charge in [0.2, 0.25) is 0 Å². The first kappa shape index (κ1) is 13.6. The fourth-order valence-electron chi connectivity index (χ4n) is 3.32. The highest BCUT2D eigenvalue weighted by Crippen LogP contribution is 2.56. The molecule has 1 saturated heterocycles. The lowest BCUT2D eigenvalue weighted by molar-refractivity contribution is -0.136. The van der Waals surface area contributed by atoms with E-state index >= 15 is 0 Å². The van der Waals surface area contributed by atoms with Crippen LogP contribution in [0, 0.1) is 5.92 Å². The minimum atomic E-state index is -0.130. The van der Waals surface area contributed by atoms with Gasteiger partial charge in [-0.25, -0.2) is 4.79 Å². The molecule has 3 aliphatic rings. The van der Waals surface area contributed by atoms with Gasteiger partial charge in [0.25, 0.3) is 0 Å². The Morgan fingerprint density at radius 1 is 1.37 bits per heavy atom. The number of thioether (sulfide) groups is 2. The molecule has 0 N–H and O–H groups in total. The number of ether oxygens (including phenoxy) is 1. The van der Waals surface area contributed by atoms with Crippen molar-refractivity contribution >= 4 is 29.5 Å². The van der Waals surface area contributed by atoms with Crippen LogP contribution in [0.5, 0.6) is 0 Å². The summed E-state index contributed by atoms with van der Waals surface area (Å²) < 4.78 is 5.15. The first-order valence-corrected chi connectivity index (χ1v) is 8.98. The highest BCUT2D eigenvalue weighted by molar-refractivity contribution is 8.19. The molecule has 0 bridgehead atoms. The van der Waals surface area contributed by atoms with Crippen molar-refractivity contribution in [3.63, 3.8) is 0 Å². The summed E-state index contributed by atoms with van der Waals surface area (Å²) in [4.78, 5) is 11.9. The lowest BCUT2D eigenvalue weighted by Crippen LogP contribution is -2.28. The monoisotopic (exact) mass is 296 g/mol. The van der Waals surface area contributed by atoms with Crippen LogP contribution in [0.1, 0.15) is 32.1 Å². The number of esters is 1. The van der Waals surface area contributed by atoms with Gasteiger partial charge in [-0.2, -0.15) is 0 Å². The summed E-state index contributed by atoms with van der Waals surface area (Å²) >= 11 is 4.19. The van der Waals surface area contributed by atoms with E-state index in [9.17, 15) is 4.79 Å². The lowest BCUT2D eigenvalue weighted by atomic mass is 9.93. The van der Waals surface area contributed by atoms with Crippen molar-refractivity contribution < 1.29 is 9.53 Å². The molecule has 0 unspecified atom stereocenters. The largest absolute Gasteiger partial charge is 0.466 e. The fraction of sp³-hybridized carbons (Fsp3) is 0.667. The minimum absolute atomic E-state index is 0.130. The summed E-state index contributed by atoms with van der Waals surface area (Å²) in [6.07, 6.45) is 10.1. The topological polar surface area (TPSA) is 26.3 Å². The second-order valence-corrected chi connectivity index (χ2v) is 8.41. The van der Waals surface area contributed by atoms with Gasteiger partial charge in [0, 0.05) is 5.57 Å². The van der Waals surface area contributed by atoms with Crippen molar-refractivity contribution in [2.75, 3.05) is 18.6 Å². The van der Waals surface area contributed by atoms with Crippen LogP contribution in [0.15, 0.2) is 23.3 Å². The molecule has 0 aromatic rings. The van der Waals surface area contributed by atoms with E-state index in [0.29, 0.717) is 5.92 Å². The molecule has 4 heteroatoms. The van der Waals surface area contributed by atoms with E-state index < -0.39 is 0 Å². The SMILES string of the molecule is COC(=O)C1=CCC2(SCCCS2)C2=CCC[C@@H]2C1. The Bertz CT molecular complexity index is 433. The molecule has 2 aliphatic carbocycles. The summed E-state index contributed by atoms with van der Waals surface area (Å²) in [7, 11) is 1.49. The van der Waals surface area contributed by atoms with E-state index in [1.165, 1.54) is 37.9 Å². The third-order valence-electron chi connectivity index (χ3n) is 4.25. The first-order valence-electron chi connectivity index (χ1n) is 7.01.